The molecule has 1 aromatic carbocycles. The van der Waals surface area contributed by atoms with E-state index in [1.165, 1.54) is 24.0 Å². The van der Waals surface area contributed by atoms with Gasteiger partial charge in [-0.2, -0.15) is 0 Å². The minimum atomic E-state index is -0.556. The van der Waals surface area contributed by atoms with E-state index in [-0.39, 0.29) is 23.2 Å². The van der Waals surface area contributed by atoms with Gasteiger partial charge in [-0.05, 0) is 89.8 Å². The van der Waals surface area contributed by atoms with Crippen LogP contribution in [0.15, 0.2) is 18.2 Å². The fourth-order valence-corrected chi connectivity index (χ4v) is 5.04. The number of fused-ring (bicyclic) bond motifs is 1. The van der Waals surface area contributed by atoms with Gasteiger partial charge in [-0.15, -0.1) is 0 Å². The Balaban J connectivity index is 1.59. The lowest BCUT2D eigenvalue weighted by atomic mass is 9.79. The first-order chi connectivity index (χ1) is 13.0. The molecule has 0 spiro atoms. The summed E-state index contributed by atoms with van der Waals surface area (Å²) in [6, 6.07) is 6.24. The molecule has 1 unspecified atom stereocenters. The molecule has 3 N–H and O–H groups in total. The van der Waals surface area contributed by atoms with E-state index in [4.69, 9.17) is 0 Å². The molecular weight excluding hydrogens is 350 g/mol. The molecule has 2 amide bonds. The van der Waals surface area contributed by atoms with Crippen LogP contribution in [0.25, 0.3) is 0 Å². The Morgan fingerprint density at radius 3 is 2.25 bits per heavy atom. The fourth-order valence-electron chi connectivity index (χ4n) is 5.04. The summed E-state index contributed by atoms with van der Waals surface area (Å²) >= 11 is 0. The van der Waals surface area contributed by atoms with Crippen LogP contribution in [-0.2, 0) is 22.4 Å². The molecule has 2 aliphatic rings. The number of piperidine rings is 1. The minimum Gasteiger partial charge on any atom is -0.345 e. The number of carbonyl (C=O) groups excluding carboxylic acids is 2. The van der Waals surface area contributed by atoms with Gasteiger partial charge in [-0.1, -0.05) is 18.2 Å². The van der Waals surface area contributed by atoms with Crippen molar-refractivity contribution >= 4 is 11.8 Å². The summed E-state index contributed by atoms with van der Waals surface area (Å²) in [6.07, 6.45) is 6.32. The highest BCUT2D eigenvalue weighted by atomic mass is 16.2. The zero-order valence-corrected chi connectivity index (χ0v) is 17.9. The van der Waals surface area contributed by atoms with Crippen LogP contribution >= 0.6 is 0 Å². The number of amides is 2. The number of benzene rings is 1. The number of aryl methyl sites for hydroxylation is 2. The van der Waals surface area contributed by atoms with Crippen molar-refractivity contribution in [3.63, 3.8) is 0 Å². The van der Waals surface area contributed by atoms with Crippen molar-refractivity contribution in [2.24, 2.45) is 0 Å². The minimum absolute atomic E-state index is 0.0106. The highest BCUT2D eigenvalue weighted by molar-refractivity contribution is 6.35. The van der Waals surface area contributed by atoms with Crippen LogP contribution in [0, 0.1) is 0 Å². The van der Waals surface area contributed by atoms with Gasteiger partial charge in [0, 0.05) is 17.1 Å². The lowest BCUT2D eigenvalue weighted by Gasteiger charge is -2.46. The van der Waals surface area contributed by atoms with Gasteiger partial charge in [0.2, 0.25) is 0 Å². The fraction of sp³-hybridized carbons (Fsp3) is 0.652. The van der Waals surface area contributed by atoms with Crippen molar-refractivity contribution in [1.29, 1.82) is 0 Å². The average molecular weight is 386 g/mol. The highest BCUT2D eigenvalue weighted by Crippen LogP contribution is 2.28. The molecule has 0 aromatic heterocycles. The van der Waals surface area contributed by atoms with E-state index in [1.807, 2.05) is 6.92 Å². The molecule has 28 heavy (non-hydrogen) atoms. The number of hydrogen-bond donors (Lipinski definition) is 3. The first-order valence-corrected chi connectivity index (χ1v) is 10.6. The maximum absolute atomic E-state index is 12.5. The third-order valence-electron chi connectivity index (χ3n) is 5.95. The standard InChI is InChI=1S/C23H35N3O2/c1-15(17-11-10-16-8-6-7-9-18(16)12-17)24-20(27)21(28)25-19-13-22(2,3)26-23(4,5)14-19/h10-12,15,19,26H,6-9,13-14H2,1-5H3,(H,24,27)(H,25,28). The summed E-state index contributed by atoms with van der Waals surface area (Å²) < 4.78 is 0. The molecule has 5 heteroatoms. The van der Waals surface area contributed by atoms with Gasteiger partial charge in [0.05, 0.1) is 6.04 Å². The lowest BCUT2D eigenvalue weighted by Crippen LogP contribution is -2.62. The number of nitrogens with one attached hydrogen (secondary N) is 3. The summed E-state index contributed by atoms with van der Waals surface area (Å²) in [5.41, 5.74) is 3.71. The molecule has 1 atom stereocenters. The first kappa shape index (κ1) is 20.8. The van der Waals surface area contributed by atoms with E-state index in [0.29, 0.717) is 0 Å². The predicted molar refractivity (Wildman–Crippen MR) is 112 cm³/mol. The van der Waals surface area contributed by atoms with E-state index < -0.39 is 11.8 Å². The Morgan fingerprint density at radius 1 is 1.00 bits per heavy atom. The average Bonchev–Trinajstić information content (AvgIpc) is 2.58. The van der Waals surface area contributed by atoms with Crippen LogP contribution in [0.1, 0.15) is 83.0 Å². The van der Waals surface area contributed by atoms with E-state index in [9.17, 15) is 9.59 Å². The maximum atomic E-state index is 12.5. The summed E-state index contributed by atoms with van der Waals surface area (Å²) in [6.45, 7) is 10.5. The molecule has 1 fully saturated rings. The third-order valence-corrected chi connectivity index (χ3v) is 5.95. The quantitative estimate of drug-likeness (QED) is 0.700. The topological polar surface area (TPSA) is 70.2 Å². The summed E-state index contributed by atoms with van der Waals surface area (Å²) in [7, 11) is 0. The van der Waals surface area contributed by atoms with E-state index in [1.54, 1.807) is 0 Å². The second kappa shape index (κ2) is 7.86. The van der Waals surface area contributed by atoms with Gasteiger partial charge >= 0.3 is 11.8 Å². The van der Waals surface area contributed by atoms with Crippen molar-refractivity contribution in [2.45, 2.75) is 96.3 Å². The van der Waals surface area contributed by atoms with Crippen LogP contribution < -0.4 is 16.0 Å². The SMILES string of the molecule is CC(NC(=O)C(=O)NC1CC(C)(C)NC(C)(C)C1)c1ccc2c(c1)CCCC2. The van der Waals surface area contributed by atoms with E-state index in [0.717, 1.165) is 31.2 Å². The van der Waals surface area contributed by atoms with Crippen LogP contribution in [0.2, 0.25) is 0 Å². The smallest absolute Gasteiger partial charge is 0.309 e. The molecule has 1 aromatic rings. The van der Waals surface area contributed by atoms with Crippen molar-refractivity contribution in [3.05, 3.63) is 34.9 Å². The van der Waals surface area contributed by atoms with Crippen LogP contribution in [0.5, 0.6) is 0 Å². The number of hydrogen-bond acceptors (Lipinski definition) is 3. The zero-order valence-electron chi connectivity index (χ0n) is 17.9. The lowest BCUT2D eigenvalue weighted by molar-refractivity contribution is -0.140. The second-order valence-electron chi connectivity index (χ2n) is 9.90. The molecule has 0 saturated carbocycles. The van der Waals surface area contributed by atoms with Gasteiger partial charge in [0.15, 0.2) is 0 Å². The van der Waals surface area contributed by atoms with Gasteiger partial charge < -0.3 is 16.0 Å². The van der Waals surface area contributed by atoms with Crippen molar-refractivity contribution in [1.82, 2.24) is 16.0 Å². The van der Waals surface area contributed by atoms with Gasteiger partial charge in [-0.25, -0.2) is 0 Å². The first-order valence-electron chi connectivity index (χ1n) is 10.6. The normalized spacial score (nSPS) is 22.0. The number of rotatable bonds is 3. The van der Waals surface area contributed by atoms with Crippen LogP contribution in [0.3, 0.4) is 0 Å². The van der Waals surface area contributed by atoms with E-state index >= 15 is 0 Å². The Bertz CT molecular complexity index is 738. The van der Waals surface area contributed by atoms with Gasteiger partial charge in [0.25, 0.3) is 0 Å². The summed E-state index contributed by atoms with van der Waals surface area (Å²) in [5, 5.41) is 9.40. The highest BCUT2D eigenvalue weighted by Gasteiger charge is 2.38. The van der Waals surface area contributed by atoms with Crippen LogP contribution in [-0.4, -0.2) is 28.9 Å². The summed E-state index contributed by atoms with van der Waals surface area (Å²) in [4.78, 5) is 25.0. The molecule has 1 aliphatic heterocycles. The molecule has 5 nitrogen and oxygen atoms in total. The molecule has 154 valence electrons. The van der Waals surface area contributed by atoms with Gasteiger partial charge in [-0.3, -0.25) is 9.59 Å². The van der Waals surface area contributed by atoms with Crippen molar-refractivity contribution < 1.29 is 9.59 Å². The largest absolute Gasteiger partial charge is 0.345 e. The monoisotopic (exact) mass is 385 g/mol. The Morgan fingerprint density at radius 2 is 1.61 bits per heavy atom. The summed E-state index contributed by atoms with van der Waals surface area (Å²) in [5.74, 6) is -1.09. The zero-order chi connectivity index (χ0) is 20.5. The third kappa shape index (κ3) is 5.13. The molecular formula is C23H35N3O2. The molecule has 3 rings (SSSR count). The molecule has 0 bridgehead atoms. The molecule has 1 aliphatic carbocycles. The molecule has 1 heterocycles. The molecule has 1 saturated heterocycles. The Hall–Kier alpha value is -1.88. The maximum Gasteiger partial charge on any atom is 0.309 e. The predicted octanol–water partition coefficient (Wildman–Crippen LogP) is 3.17. The van der Waals surface area contributed by atoms with Gasteiger partial charge in [0.1, 0.15) is 0 Å². The number of carbonyl (C=O) groups is 2. The Labute approximate surface area is 169 Å². The van der Waals surface area contributed by atoms with Crippen LogP contribution in [0.4, 0.5) is 0 Å². The van der Waals surface area contributed by atoms with Crippen molar-refractivity contribution in [3.8, 4) is 0 Å². The second-order valence-corrected chi connectivity index (χ2v) is 9.90. The van der Waals surface area contributed by atoms with E-state index in [2.05, 4.69) is 61.8 Å². The van der Waals surface area contributed by atoms with Crippen molar-refractivity contribution in [2.75, 3.05) is 0 Å². The Kier molecular flexibility index (Phi) is 5.85. The molecule has 0 radical (unpaired) electrons.